The summed E-state index contributed by atoms with van der Waals surface area (Å²) in [5.74, 6) is 1.26. The SMILES string of the molecule is CNc1nc(C)c([N+](=O)[O-])c(NCc2nccn2C)n1. The Morgan fingerprint density at radius 1 is 1.45 bits per heavy atom. The molecule has 0 radical (unpaired) electrons. The van der Waals surface area contributed by atoms with E-state index in [-0.39, 0.29) is 11.5 Å². The Balaban J connectivity index is 2.31. The standard InChI is InChI=1S/C11H15N7O2/c1-7-9(18(19)20)10(16-11(12-2)15-7)14-6-8-13-4-5-17(8)3/h4-5H,6H2,1-3H3,(H2,12,14,15,16). The van der Waals surface area contributed by atoms with Gasteiger partial charge in [0, 0.05) is 26.5 Å². The summed E-state index contributed by atoms with van der Waals surface area (Å²) in [7, 11) is 3.51. The van der Waals surface area contributed by atoms with Gasteiger partial charge in [-0.15, -0.1) is 0 Å². The lowest BCUT2D eigenvalue weighted by Gasteiger charge is -2.09. The molecule has 0 aromatic carbocycles. The van der Waals surface area contributed by atoms with Crippen molar-refractivity contribution in [1.82, 2.24) is 19.5 Å². The van der Waals surface area contributed by atoms with E-state index in [9.17, 15) is 10.1 Å². The predicted octanol–water partition coefficient (Wildman–Crippen LogP) is 1.08. The van der Waals surface area contributed by atoms with Gasteiger partial charge >= 0.3 is 5.69 Å². The molecule has 0 saturated carbocycles. The van der Waals surface area contributed by atoms with Gasteiger partial charge in [-0.1, -0.05) is 0 Å². The van der Waals surface area contributed by atoms with E-state index in [4.69, 9.17) is 0 Å². The molecule has 2 N–H and O–H groups in total. The summed E-state index contributed by atoms with van der Waals surface area (Å²) in [5, 5.41) is 16.8. The number of nitrogens with zero attached hydrogens (tertiary/aromatic N) is 5. The van der Waals surface area contributed by atoms with Crippen LogP contribution >= 0.6 is 0 Å². The number of hydrogen-bond acceptors (Lipinski definition) is 7. The fraction of sp³-hybridized carbons (Fsp3) is 0.364. The molecule has 0 amide bonds. The summed E-state index contributed by atoms with van der Waals surface area (Å²) in [4.78, 5) is 22.9. The molecule has 0 aliphatic heterocycles. The van der Waals surface area contributed by atoms with Gasteiger partial charge in [0.05, 0.1) is 11.5 Å². The molecule has 0 spiro atoms. The van der Waals surface area contributed by atoms with Gasteiger partial charge in [-0.25, -0.2) is 9.97 Å². The highest BCUT2D eigenvalue weighted by atomic mass is 16.6. The van der Waals surface area contributed by atoms with E-state index in [1.54, 1.807) is 26.4 Å². The van der Waals surface area contributed by atoms with Crippen LogP contribution in [-0.4, -0.2) is 31.5 Å². The van der Waals surface area contributed by atoms with Gasteiger partial charge in [-0.2, -0.15) is 4.98 Å². The van der Waals surface area contributed by atoms with Crippen molar-refractivity contribution < 1.29 is 4.92 Å². The normalized spacial score (nSPS) is 10.3. The van der Waals surface area contributed by atoms with Gasteiger partial charge < -0.3 is 15.2 Å². The predicted molar refractivity (Wildman–Crippen MR) is 73.5 cm³/mol. The minimum atomic E-state index is -0.491. The Morgan fingerprint density at radius 3 is 2.75 bits per heavy atom. The second kappa shape index (κ2) is 5.51. The number of aromatic nitrogens is 4. The third kappa shape index (κ3) is 2.66. The van der Waals surface area contributed by atoms with Crippen LogP contribution in [0.15, 0.2) is 12.4 Å². The highest BCUT2D eigenvalue weighted by Crippen LogP contribution is 2.26. The number of hydrogen-bond donors (Lipinski definition) is 2. The minimum Gasteiger partial charge on any atom is -0.357 e. The van der Waals surface area contributed by atoms with Gasteiger partial charge in [0.2, 0.25) is 11.8 Å². The van der Waals surface area contributed by atoms with Gasteiger partial charge in [0.15, 0.2) is 0 Å². The van der Waals surface area contributed by atoms with Crippen LogP contribution < -0.4 is 10.6 Å². The van der Waals surface area contributed by atoms with E-state index in [0.717, 1.165) is 5.82 Å². The van der Waals surface area contributed by atoms with Crippen LogP contribution in [0.2, 0.25) is 0 Å². The molecule has 0 aliphatic carbocycles. The molecule has 0 atom stereocenters. The quantitative estimate of drug-likeness (QED) is 0.621. The first kappa shape index (κ1) is 13.7. The van der Waals surface area contributed by atoms with E-state index >= 15 is 0 Å². The first-order chi connectivity index (χ1) is 9.52. The number of anilines is 2. The monoisotopic (exact) mass is 277 g/mol. The van der Waals surface area contributed by atoms with Crippen LogP contribution in [0.3, 0.4) is 0 Å². The molecule has 2 aromatic heterocycles. The number of rotatable bonds is 5. The van der Waals surface area contributed by atoms with Crippen molar-refractivity contribution in [3.63, 3.8) is 0 Å². The molecule has 0 aliphatic rings. The zero-order chi connectivity index (χ0) is 14.7. The van der Waals surface area contributed by atoms with Crippen LogP contribution in [0.4, 0.5) is 17.5 Å². The topological polar surface area (TPSA) is 111 Å². The van der Waals surface area contributed by atoms with Gasteiger partial charge in [0.25, 0.3) is 0 Å². The van der Waals surface area contributed by atoms with Crippen molar-refractivity contribution in [2.75, 3.05) is 17.7 Å². The highest BCUT2D eigenvalue weighted by Gasteiger charge is 2.21. The maximum absolute atomic E-state index is 11.1. The number of imidazole rings is 1. The Labute approximate surface area is 115 Å². The Bertz CT molecular complexity index is 638. The Kier molecular flexibility index (Phi) is 3.78. The Morgan fingerprint density at radius 2 is 2.20 bits per heavy atom. The van der Waals surface area contributed by atoms with Crippen molar-refractivity contribution in [2.45, 2.75) is 13.5 Å². The summed E-state index contributed by atoms with van der Waals surface area (Å²) >= 11 is 0. The fourth-order valence-electron chi connectivity index (χ4n) is 1.75. The third-order valence-electron chi connectivity index (χ3n) is 2.80. The molecule has 20 heavy (non-hydrogen) atoms. The molecule has 0 bridgehead atoms. The molecule has 9 nitrogen and oxygen atoms in total. The lowest BCUT2D eigenvalue weighted by molar-refractivity contribution is -0.385. The average molecular weight is 277 g/mol. The summed E-state index contributed by atoms with van der Waals surface area (Å²) in [6.07, 6.45) is 3.46. The van der Waals surface area contributed by atoms with E-state index in [1.807, 2.05) is 11.6 Å². The summed E-state index contributed by atoms with van der Waals surface area (Å²) in [6.45, 7) is 1.91. The summed E-state index contributed by atoms with van der Waals surface area (Å²) in [5.41, 5.74) is 0.176. The molecule has 0 saturated heterocycles. The van der Waals surface area contributed by atoms with E-state index < -0.39 is 4.92 Å². The average Bonchev–Trinajstić information content (AvgIpc) is 2.80. The molecular formula is C11H15N7O2. The van der Waals surface area contributed by atoms with Crippen LogP contribution in [-0.2, 0) is 13.6 Å². The van der Waals surface area contributed by atoms with Crippen LogP contribution in [0.5, 0.6) is 0 Å². The second-order valence-electron chi connectivity index (χ2n) is 4.14. The van der Waals surface area contributed by atoms with Gasteiger partial charge in [0.1, 0.15) is 11.5 Å². The zero-order valence-corrected chi connectivity index (χ0v) is 11.4. The van der Waals surface area contributed by atoms with Crippen molar-refractivity contribution in [2.24, 2.45) is 7.05 Å². The lowest BCUT2D eigenvalue weighted by Crippen LogP contribution is -2.11. The van der Waals surface area contributed by atoms with Crippen molar-refractivity contribution in [1.29, 1.82) is 0 Å². The van der Waals surface area contributed by atoms with Crippen LogP contribution in [0.25, 0.3) is 0 Å². The number of nitrogens with one attached hydrogen (secondary N) is 2. The Hall–Kier alpha value is -2.71. The van der Waals surface area contributed by atoms with E-state index in [1.165, 1.54) is 0 Å². The largest absolute Gasteiger partial charge is 0.357 e. The summed E-state index contributed by atoms with van der Waals surface area (Å²) < 4.78 is 1.83. The zero-order valence-electron chi connectivity index (χ0n) is 11.4. The molecule has 0 unspecified atom stereocenters. The number of nitro groups is 1. The highest BCUT2D eigenvalue weighted by molar-refractivity contribution is 5.60. The molecule has 106 valence electrons. The van der Waals surface area contributed by atoms with Crippen LogP contribution in [0.1, 0.15) is 11.5 Å². The van der Waals surface area contributed by atoms with Crippen LogP contribution in [0, 0.1) is 17.0 Å². The molecule has 0 fully saturated rings. The maximum Gasteiger partial charge on any atom is 0.332 e. The van der Waals surface area contributed by atoms with E-state index in [0.29, 0.717) is 18.2 Å². The smallest absolute Gasteiger partial charge is 0.332 e. The van der Waals surface area contributed by atoms with Gasteiger partial charge in [-0.3, -0.25) is 10.1 Å². The fourth-order valence-corrected chi connectivity index (χ4v) is 1.75. The second-order valence-corrected chi connectivity index (χ2v) is 4.14. The van der Waals surface area contributed by atoms with Gasteiger partial charge in [-0.05, 0) is 6.92 Å². The molecular weight excluding hydrogens is 262 g/mol. The lowest BCUT2D eigenvalue weighted by atomic mass is 10.3. The molecule has 2 rings (SSSR count). The van der Waals surface area contributed by atoms with E-state index in [2.05, 4.69) is 25.6 Å². The molecule has 2 aromatic rings. The molecule has 9 heteroatoms. The third-order valence-corrected chi connectivity index (χ3v) is 2.80. The van der Waals surface area contributed by atoms with Crippen molar-refractivity contribution in [3.05, 3.63) is 34.0 Å². The molecule has 2 heterocycles. The first-order valence-corrected chi connectivity index (χ1v) is 5.93. The van der Waals surface area contributed by atoms with Crippen molar-refractivity contribution >= 4 is 17.5 Å². The minimum absolute atomic E-state index is 0.127. The maximum atomic E-state index is 11.1. The number of aryl methyl sites for hydroxylation is 2. The summed E-state index contributed by atoms with van der Waals surface area (Å²) in [6, 6.07) is 0. The first-order valence-electron chi connectivity index (χ1n) is 5.93. The van der Waals surface area contributed by atoms with Crippen molar-refractivity contribution in [3.8, 4) is 0 Å².